The Morgan fingerprint density at radius 2 is 1.44 bits per heavy atom. The fourth-order valence-electron chi connectivity index (χ4n) is 11.1. The van der Waals surface area contributed by atoms with Crippen molar-refractivity contribution in [3.8, 4) is 0 Å². The van der Waals surface area contributed by atoms with Gasteiger partial charge in [-0.1, -0.05) is 80.6 Å². The van der Waals surface area contributed by atoms with Crippen molar-refractivity contribution in [3.05, 3.63) is 0 Å². The number of nitrogens with two attached hydrogens (primary N) is 2. The fourth-order valence-corrected chi connectivity index (χ4v) is 11.1. The van der Waals surface area contributed by atoms with Crippen molar-refractivity contribution in [3.63, 3.8) is 0 Å². The Balaban J connectivity index is 1.86. The summed E-state index contributed by atoms with van der Waals surface area (Å²) in [5.41, 5.74) is 12.1. The Kier molecular flexibility index (Phi) is 21.1. The van der Waals surface area contributed by atoms with Crippen LogP contribution in [0.25, 0.3) is 0 Å². The molecule has 4 N–H and O–H groups in total. The third kappa shape index (κ3) is 12.4. The van der Waals surface area contributed by atoms with E-state index in [2.05, 4.69) is 53.4 Å². The fraction of sp³-hybridized carbons (Fsp3) is 0.978. The first-order valence-corrected chi connectivity index (χ1v) is 22.7. The van der Waals surface area contributed by atoms with Crippen LogP contribution in [0.5, 0.6) is 0 Å². The second-order valence-electron chi connectivity index (χ2n) is 17.9. The van der Waals surface area contributed by atoms with Gasteiger partial charge < -0.3 is 30.6 Å². The molecule has 0 aromatic heterocycles. The van der Waals surface area contributed by atoms with Crippen molar-refractivity contribution in [1.29, 1.82) is 0 Å². The first-order chi connectivity index (χ1) is 25.1. The highest BCUT2D eigenvalue weighted by molar-refractivity contribution is 5.76. The Labute approximate surface area is 322 Å². The molecule has 3 aliphatic carbocycles. The monoisotopic (exact) mass is 734 g/mol. The normalized spacial score (nSPS) is 31.2. The van der Waals surface area contributed by atoms with Crippen molar-refractivity contribution in [2.24, 2.45) is 51.9 Å². The van der Waals surface area contributed by atoms with Crippen LogP contribution in [0.1, 0.15) is 177 Å². The molecule has 3 aliphatic rings. The number of amides is 1. The topological polar surface area (TPSA) is 100 Å². The number of fused-ring (bicyclic) bond motifs is 3. The molecule has 7 nitrogen and oxygen atoms in total. The molecule has 0 aromatic carbocycles. The molecule has 0 radical (unpaired) electrons. The van der Waals surface area contributed by atoms with E-state index < -0.39 is 0 Å². The van der Waals surface area contributed by atoms with Crippen molar-refractivity contribution < 1.29 is 19.0 Å². The maximum atomic E-state index is 13.7. The standard InChI is InChI=1S/C45H87N3O4/c1-8-12-15-29-48(30-16-13-9-2)42(49)22-19-35(5)37-20-21-38-43-39(34-41(45(37,38)7)52-33-18-28-47)44(6,26-24-40(43)51-31-14-10-3)25-23-36(11-4)50-32-17-27-46/h35-41,43H,8-34,46-47H2,1-7H3/t35-,36+,37-,38+,39+,40-,41+,43?,44+,45-/m1/s1. The minimum Gasteiger partial charge on any atom is -0.378 e. The summed E-state index contributed by atoms with van der Waals surface area (Å²) in [7, 11) is 0. The van der Waals surface area contributed by atoms with Gasteiger partial charge in [-0.2, -0.15) is 0 Å². The lowest BCUT2D eigenvalue weighted by molar-refractivity contribution is -0.205. The number of hydrogen-bond donors (Lipinski definition) is 2. The average Bonchev–Trinajstić information content (AvgIpc) is 3.50. The number of hydrogen-bond acceptors (Lipinski definition) is 6. The molecule has 3 fully saturated rings. The Morgan fingerprint density at radius 3 is 2.08 bits per heavy atom. The van der Waals surface area contributed by atoms with Gasteiger partial charge in [0.25, 0.3) is 0 Å². The van der Waals surface area contributed by atoms with E-state index in [1.165, 1.54) is 57.8 Å². The molecule has 0 aromatic rings. The predicted molar refractivity (Wildman–Crippen MR) is 218 cm³/mol. The molecular weight excluding hydrogens is 647 g/mol. The quantitative estimate of drug-likeness (QED) is 0.0777. The van der Waals surface area contributed by atoms with Crippen molar-refractivity contribution in [2.75, 3.05) is 46.0 Å². The molecular formula is C45H87N3O4. The zero-order valence-electron chi connectivity index (χ0n) is 35.4. The minimum atomic E-state index is 0.0715. The van der Waals surface area contributed by atoms with Crippen molar-refractivity contribution in [2.45, 2.75) is 195 Å². The minimum absolute atomic E-state index is 0.0715. The van der Waals surface area contributed by atoms with Crippen LogP contribution in [0.2, 0.25) is 0 Å². The molecule has 0 saturated heterocycles. The van der Waals surface area contributed by atoms with E-state index in [0.717, 1.165) is 97.1 Å². The van der Waals surface area contributed by atoms with E-state index in [1.54, 1.807) is 0 Å². The summed E-state index contributed by atoms with van der Waals surface area (Å²) < 4.78 is 20.3. The second kappa shape index (κ2) is 24.0. The summed E-state index contributed by atoms with van der Waals surface area (Å²) in [4.78, 5) is 15.9. The molecule has 3 saturated carbocycles. The zero-order valence-corrected chi connectivity index (χ0v) is 35.4. The summed E-state index contributed by atoms with van der Waals surface area (Å²) in [5.74, 6) is 3.11. The summed E-state index contributed by atoms with van der Waals surface area (Å²) in [6, 6.07) is 0. The van der Waals surface area contributed by atoms with Gasteiger partial charge >= 0.3 is 0 Å². The molecule has 1 unspecified atom stereocenters. The van der Waals surface area contributed by atoms with E-state index >= 15 is 0 Å². The number of carbonyl (C=O) groups is 1. The van der Waals surface area contributed by atoms with E-state index in [0.29, 0.717) is 67.2 Å². The van der Waals surface area contributed by atoms with Crippen LogP contribution in [0.4, 0.5) is 0 Å². The van der Waals surface area contributed by atoms with Crippen LogP contribution in [0.3, 0.4) is 0 Å². The number of ether oxygens (including phenoxy) is 3. The molecule has 0 heterocycles. The third-order valence-corrected chi connectivity index (χ3v) is 14.4. The van der Waals surface area contributed by atoms with Crippen molar-refractivity contribution >= 4 is 5.91 Å². The smallest absolute Gasteiger partial charge is 0.222 e. The highest BCUT2D eigenvalue weighted by atomic mass is 16.5. The second-order valence-corrected chi connectivity index (χ2v) is 17.9. The highest BCUT2D eigenvalue weighted by Crippen LogP contribution is 2.67. The first-order valence-electron chi connectivity index (χ1n) is 22.7. The zero-order chi connectivity index (χ0) is 38.0. The van der Waals surface area contributed by atoms with E-state index in [1.807, 2.05) is 0 Å². The molecule has 0 spiro atoms. The van der Waals surface area contributed by atoms with Gasteiger partial charge in [0.2, 0.25) is 5.91 Å². The van der Waals surface area contributed by atoms with Crippen LogP contribution in [-0.2, 0) is 19.0 Å². The van der Waals surface area contributed by atoms with Crippen molar-refractivity contribution in [1.82, 2.24) is 4.90 Å². The van der Waals surface area contributed by atoms with Crippen LogP contribution in [-0.4, -0.2) is 75.1 Å². The molecule has 306 valence electrons. The lowest BCUT2D eigenvalue weighted by Crippen LogP contribution is -2.60. The van der Waals surface area contributed by atoms with Crippen LogP contribution in [0.15, 0.2) is 0 Å². The number of rotatable bonds is 28. The molecule has 10 atom stereocenters. The maximum absolute atomic E-state index is 13.7. The molecule has 52 heavy (non-hydrogen) atoms. The van der Waals surface area contributed by atoms with Gasteiger partial charge in [0, 0.05) is 44.7 Å². The Hall–Kier alpha value is -0.730. The highest BCUT2D eigenvalue weighted by Gasteiger charge is 2.64. The van der Waals surface area contributed by atoms with Crippen LogP contribution >= 0.6 is 0 Å². The molecule has 7 heteroatoms. The maximum Gasteiger partial charge on any atom is 0.222 e. The van der Waals surface area contributed by atoms with E-state index in [-0.39, 0.29) is 16.9 Å². The lowest BCUT2D eigenvalue weighted by atomic mass is 9.46. The summed E-state index contributed by atoms with van der Waals surface area (Å²) >= 11 is 0. The Morgan fingerprint density at radius 1 is 0.788 bits per heavy atom. The SMILES string of the molecule is CCCCCN(CCCCC)C(=O)CC[C@@H](C)[C@H]1CC[C@H]2C3[C@H](OCCCC)CC[C@](C)(CC[C@H](CC)OCCCN)[C@H]3C[C@H](OCCCN)[C@]12C. The molecule has 0 bridgehead atoms. The van der Waals surface area contributed by atoms with Gasteiger partial charge in [0.15, 0.2) is 0 Å². The van der Waals surface area contributed by atoms with E-state index in [9.17, 15) is 4.79 Å². The van der Waals surface area contributed by atoms with Gasteiger partial charge in [-0.05, 0) is 138 Å². The first kappa shape index (κ1) is 45.7. The van der Waals surface area contributed by atoms with Crippen LogP contribution < -0.4 is 11.5 Å². The van der Waals surface area contributed by atoms with Gasteiger partial charge in [-0.15, -0.1) is 0 Å². The van der Waals surface area contributed by atoms with Gasteiger partial charge in [-0.3, -0.25) is 4.79 Å². The van der Waals surface area contributed by atoms with Gasteiger partial charge in [-0.25, -0.2) is 0 Å². The van der Waals surface area contributed by atoms with Crippen LogP contribution in [0, 0.1) is 40.4 Å². The summed E-state index contributed by atoms with van der Waals surface area (Å²) in [6.07, 6.45) is 23.0. The van der Waals surface area contributed by atoms with Gasteiger partial charge in [0.05, 0.1) is 18.3 Å². The van der Waals surface area contributed by atoms with Gasteiger partial charge in [0.1, 0.15) is 0 Å². The van der Waals surface area contributed by atoms with E-state index in [4.69, 9.17) is 25.7 Å². The molecule has 0 aliphatic heterocycles. The number of carbonyl (C=O) groups excluding carboxylic acids is 1. The largest absolute Gasteiger partial charge is 0.378 e. The molecule has 1 amide bonds. The molecule has 3 rings (SSSR count). The number of nitrogens with zero attached hydrogens (tertiary/aromatic N) is 1. The third-order valence-electron chi connectivity index (χ3n) is 14.4. The number of unbranched alkanes of at least 4 members (excludes halogenated alkanes) is 5. The predicted octanol–water partition coefficient (Wildman–Crippen LogP) is 9.92. The average molecular weight is 734 g/mol. The lowest BCUT2D eigenvalue weighted by Gasteiger charge is -2.61. The Bertz CT molecular complexity index is 957. The summed E-state index contributed by atoms with van der Waals surface area (Å²) in [6.45, 7) is 22.3. The summed E-state index contributed by atoms with van der Waals surface area (Å²) in [5, 5.41) is 0.